The minimum Gasteiger partial charge on any atom is -0.382 e. The van der Waals surface area contributed by atoms with Crippen molar-refractivity contribution < 1.29 is 9.59 Å². The zero-order valence-corrected chi connectivity index (χ0v) is 10.6. The fraction of sp³-hybridized carbons (Fsp3) is 0.154. The number of amides is 2. The molecule has 0 aliphatic carbocycles. The Morgan fingerprint density at radius 1 is 1.25 bits per heavy atom. The maximum atomic E-state index is 12.0. The van der Waals surface area contributed by atoms with E-state index in [1.807, 2.05) is 18.2 Å². The molecule has 102 valence electrons. The number of nitrogens with one attached hydrogen (secondary N) is 2. The van der Waals surface area contributed by atoms with Gasteiger partial charge in [-0.2, -0.15) is 5.10 Å². The first-order valence-electron chi connectivity index (χ1n) is 6.12. The predicted molar refractivity (Wildman–Crippen MR) is 73.8 cm³/mol. The van der Waals surface area contributed by atoms with E-state index >= 15 is 0 Å². The highest BCUT2D eigenvalue weighted by Crippen LogP contribution is 2.30. The molecule has 20 heavy (non-hydrogen) atoms. The van der Waals surface area contributed by atoms with E-state index < -0.39 is 0 Å². The number of anilines is 2. The summed E-state index contributed by atoms with van der Waals surface area (Å²) in [6.07, 6.45) is 0. The molecule has 3 rings (SSSR count). The molecule has 0 radical (unpaired) electrons. The molecular formula is C13H13N5O2. The molecular weight excluding hydrogens is 258 g/mol. The molecule has 2 amide bonds. The van der Waals surface area contributed by atoms with Crippen molar-refractivity contribution >= 4 is 23.3 Å². The highest BCUT2D eigenvalue weighted by atomic mass is 16.2. The molecule has 2 aromatic rings. The smallest absolute Gasteiger partial charge is 0.246 e. The zero-order valence-electron chi connectivity index (χ0n) is 10.6. The Hall–Kier alpha value is -2.83. The van der Waals surface area contributed by atoms with Crippen LogP contribution in [0.25, 0.3) is 11.3 Å². The van der Waals surface area contributed by atoms with Gasteiger partial charge in [0.1, 0.15) is 12.4 Å². The third-order valence-corrected chi connectivity index (χ3v) is 3.12. The van der Waals surface area contributed by atoms with Gasteiger partial charge in [0.25, 0.3) is 0 Å². The average Bonchev–Trinajstić information content (AvgIpc) is 2.88. The van der Waals surface area contributed by atoms with E-state index in [-0.39, 0.29) is 24.9 Å². The van der Waals surface area contributed by atoms with Gasteiger partial charge < -0.3 is 16.0 Å². The van der Waals surface area contributed by atoms with Crippen LogP contribution in [0.3, 0.4) is 0 Å². The van der Waals surface area contributed by atoms with Gasteiger partial charge in [-0.05, 0) is 6.07 Å². The third-order valence-electron chi connectivity index (χ3n) is 3.12. The topological polar surface area (TPSA) is 104 Å². The van der Waals surface area contributed by atoms with E-state index in [2.05, 4.69) is 15.5 Å². The summed E-state index contributed by atoms with van der Waals surface area (Å²) in [5.41, 5.74) is 7.75. The van der Waals surface area contributed by atoms with E-state index in [0.717, 1.165) is 5.56 Å². The SMILES string of the molecule is Nc1cc(-c2ccccc2N2CC(=O)NCC2=O)[nH]n1. The predicted octanol–water partition coefficient (Wildman–Crippen LogP) is 0.122. The van der Waals surface area contributed by atoms with Gasteiger partial charge in [-0.1, -0.05) is 18.2 Å². The number of nitrogen functional groups attached to an aromatic ring is 1. The number of nitrogens with zero attached hydrogens (tertiary/aromatic N) is 2. The van der Waals surface area contributed by atoms with E-state index in [0.29, 0.717) is 17.2 Å². The van der Waals surface area contributed by atoms with Crippen LogP contribution < -0.4 is 16.0 Å². The largest absolute Gasteiger partial charge is 0.382 e. The Bertz CT molecular complexity index is 679. The summed E-state index contributed by atoms with van der Waals surface area (Å²) in [6, 6.07) is 9.00. The van der Waals surface area contributed by atoms with Crippen LogP contribution in [0.4, 0.5) is 11.5 Å². The fourth-order valence-electron chi connectivity index (χ4n) is 2.19. The molecule has 2 heterocycles. The quantitative estimate of drug-likeness (QED) is 0.721. The Labute approximate surface area is 114 Å². The van der Waals surface area contributed by atoms with Gasteiger partial charge in [0.15, 0.2) is 0 Å². The zero-order chi connectivity index (χ0) is 14.1. The maximum Gasteiger partial charge on any atom is 0.246 e. The van der Waals surface area contributed by atoms with E-state index in [9.17, 15) is 9.59 Å². The Morgan fingerprint density at radius 3 is 2.80 bits per heavy atom. The second-order valence-corrected chi connectivity index (χ2v) is 4.48. The van der Waals surface area contributed by atoms with Crippen molar-refractivity contribution in [2.24, 2.45) is 0 Å². The lowest BCUT2D eigenvalue weighted by Gasteiger charge is -2.28. The minimum atomic E-state index is -0.177. The number of aromatic amines is 1. The number of hydrogen-bond acceptors (Lipinski definition) is 4. The van der Waals surface area contributed by atoms with E-state index in [1.54, 1.807) is 12.1 Å². The first kappa shape index (κ1) is 12.2. The number of H-pyrrole nitrogens is 1. The summed E-state index contributed by atoms with van der Waals surface area (Å²) in [4.78, 5) is 25.0. The van der Waals surface area contributed by atoms with Gasteiger partial charge in [-0.25, -0.2) is 0 Å². The van der Waals surface area contributed by atoms with Gasteiger partial charge in [-0.3, -0.25) is 14.7 Å². The van der Waals surface area contributed by atoms with Gasteiger partial charge in [0.05, 0.1) is 17.9 Å². The molecule has 0 spiro atoms. The number of aromatic nitrogens is 2. The van der Waals surface area contributed by atoms with Crippen LogP contribution in [0.5, 0.6) is 0 Å². The lowest BCUT2D eigenvalue weighted by Crippen LogP contribution is -2.51. The molecule has 0 atom stereocenters. The number of rotatable bonds is 2. The lowest BCUT2D eigenvalue weighted by atomic mass is 10.1. The Balaban J connectivity index is 2.05. The minimum absolute atomic E-state index is 0.0122. The van der Waals surface area contributed by atoms with Crippen molar-refractivity contribution in [3.8, 4) is 11.3 Å². The summed E-state index contributed by atoms with van der Waals surface area (Å²) < 4.78 is 0. The number of benzene rings is 1. The molecule has 1 aromatic heterocycles. The normalized spacial score (nSPS) is 15.3. The molecule has 1 saturated heterocycles. The highest BCUT2D eigenvalue weighted by Gasteiger charge is 2.26. The van der Waals surface area contributed by atoms with Crippen LogP contribution >= 0.6 is 0 Å². The lowest BCUT2D eigenvalue weighted by molar-refractivity contribution is -0.128. The molecule has 7 heteroatoms. The molecule has 0 bridgehead atoms. The van der Waals surface area contributed by atoms with Crippen molar-refractivity contribution in [1.82, 2.24) is 15.5 Å². The number of piperazine rings is 1. The monoisotopic (exact) mass is 271 g/mol. The van der Waals surface area contributed by atoms with Crippen molar-refractivity contribution in [2.75, 3.05) is 23.7 Å². The number of nitrogens with two attached hydrogens (primary N) is 1. The molecule has 0 saturated carbocycles. The highest BCUT2D eigenvalue weighted by molar-refractivity contribution is 6.06. The summed E-state index contributed by atoms with van der Waals surface area (Å²) >= 11 is 0. The van der Waals surface area contributed by atoms with Gasteiger partial charge in [0, 0.05) is 11.6 Å². The molecule has 1 aliphatic heterocycles. The van der Waals surface area contributed by atoms with Crippen LogP contribution in [0.1, 0.15) is 0 Å². The third kappa shape index (κ3) is 2.09. The van der Waals surface area contributed by atoms with Gasteiger partial charge in [-0.15, -0.1) is 0 Å². The Kier molecular flexibility index (Phi) is 2.86. The molecule has 0 unspecified atom stereocenters. The van der Waals surface area contributed by atoms with Crippen LogP contribution in [0.2, 0.25) is 0 Å². The van der Waals surface area contributed by atoms with Crippen molar-refractivity contribution in [3.05, 3.63) is 30.3 Å². The van der Waals surface area contributed by atoms with E-state index in [1.165, 1.54) is 4.90 Å². The second-order valence-electron chi connectivity index (χ2n) is 4.48. The number of carbonyl (C=O) groups is 2. The second kappa shape index (κ2) is 4.69. The molecule has 1 fully saturated rings. The molecule has 4 N–H and O–H groups in total. The van der Waals surface area contributed by atoms with Crippen molar-refractivity contribution in [1.29, 1.82) is 0 Å². The summed E-state index contributed by atoms with van der Waals surface area (Å²) in [7, 11) is 0. The van der Waals surface area contributed by atoms with Gasteiger partial charge >= 0.3 is 0 Å². The number of para-hydroxylation sites is 1. The summed E-state index contributed by atoms with van der Waals surface area (Å²) in [5, 5.41) is 9.22. The molecule has 1 aromatic carbocycles. The van der Waals surface area contributed by atoms with E-state index in [4.69, 9.17) is 5.73 Å². The molecule has 1 aliphatic rings. The van der Waals surface area contributed by atoms with Crippen LogP contribution in [-0.4, -0.2) is 35.1 Å². The average molecular weight is 271 g/mol. The van der Waals surface area contributed by atoms with Crippen LogP contribution in [0, 0.1) is 0 Å². The standard InChI is InChI=1S/C13H13N5O2/c14-11-5-9(16-17-11)8-3-1-2-4-10(8)18-7-12(19)15-6-13(18)20/h1-5H,6-7H2,(H,15,19)(H3,14,16,17). The van der Waals surface area contributed by atoms with Crippen molar-refractivity contribution in [2.45, 2.75) is 0 Å². The van der Waals surface area contributed by atoms with Gasteiger partial charge in [0.2, 0.25) is 11.8 Å². The summed E-state index contributed by atoms with van der Waals surface area (Å²) in [6.45, 7) is 0.0255. The van der Waals surface area contributed by atoms with Crippen LogP contribution in [0.15, 0.2) is 30.3 Å². The fourth-order valence-corrected chi connectivity index (χ4v) is 2.19. The number of hydrogen-bond donors (Lipinski definition) is 3. The van der Waals surface area contributed by atoms with Crippen molar-refractivity contribution in [3.63, 3.8) is 0 Å². The maximum absolute atomic E-state index is 12.0. The Morgan fingerprint density at radius 2 is 2.05 bits per heavy atom. The first-order chi connectivity index (χ1) is 9.65. The van der Waals surface area contributed by atoms with Crippen LogP contribution in [-0.2, 0) is 9.59 Å². The summed E-state index contributed by atoms with van der Waals surface area (Å²) in [5.74, 6) is 0.0468. The molecule has 7 nitrogen and oxygen atoms in total. The first-order valence-corrected chi connectivity index (χ1v) is 6.12. The number of carbonyl (C=O) groups excluding carboxylic acids is 2.